The molecule has 1 heterocycles. The number of carbonyl (C=O) groups is 1. The topological polar surface area (TPSA) is 53.6 Å². The molecule has 0 fully saturated rings. The lowest BCUT2D eigenvalue weighted by Crippen LogP contribution is -2.35. The van der Waals surface area contributed by atoms with Crippen molar-refractivity contribution in [1.82, 2.24) is 10.2 Å². The van der Waals surface area contributed by atoms with Gasteiger partial charge in [0, 0.05) is 31.9 Å². The second-order valence-corrected chi connectivity index (χ2v) is 7.64. The summed E-state index contributed by atoms with van der Waals surface area (Å²) in [5, 5.41) is 7.03. The van der Waals surface area contributed by atoms with E-state index in [0.29, 0.717) is 17.3 Å². The minimum absolute atomic E-state index is 0.310. The third-order valence-corrected chi connectivity index (χ3v) is 5.47. The fraction of sp³-hybridized carbons (Fsp3) is 0.391. The second kappa shape index (κ2) is 10.4. The highest BCUT2D eigenvalue weighted by atomic mass is 32.1. The van der Waals surface area contributed by atoms with E-state index in [1.165, 1.54) is 11.1 Å². The van der Waals surface area contributed by atoms with Gasteiger partial charge in [-0.1, -0.05) is 30.3 Å². The molecule has 2 N–H and O–H groups in total. The van der Waals surface area contributed by atoms with Gasteiger partial charge < -0.3 is 15.4 Å². The van der Waals surface area contributed by atoms with Crippen molar-refractivity contribution in [3.8, 4) is 0 Å². The lowest BCUT2D eigenvalue weighted by molar-refractivity contribution is 0.0525. The number of esters is 1. The first-order valence-electron chi connectivity index (χ1n) is 10.2. The van der Waals surface area contributed by atoms with E-state index in [-0.39, 0.29) is 5.97 Å². The van der Waals surface area contributed by atoms with Crippen molar-refractivity contribution in [2.45, 2.75) is 33.2 Å². The minimum Gasteiger partial charge on any atom is -0.462 e. The number of carbonyl (C=O) groups excluding carboxylic acids is 1. The molecule has 1 aliphatic rings. The Bertz CT molecular complexity index is 869. The molecule has 0 radical (unpaired) electrons. The zero-order chi connectivity index (χ0) is 20.6. The van der Waals surface area contributed by atoms with Gasteiger partial charge in [-0.2, -0.15) is 0 Å². The number of hydrogen-bond donors (Lipinski definition) is 2. The maximum absolute atomic E-state index is 12.0. The number of rotatable bonds is 7. The van der Waals surface area contributed by atoms with Crippen LogP contribution >= 0.6 is 12.2 Å². The van der Waals surface area contributed by atoms with Crippen molar-refractivity contribution >= 4 is 29.0 Å². The molecule has 154 valence electrons. The van der Waals surface area contributed by atoms with E-state index in [0.717, 1.165) is 50.3 Å². The fourth-order valence-corrected chi connectivity index (χ4v) is 3.83. The smallest absolute Gasteiger partial charge is 0.338 e. The lowest BCUT2D eigenvalue weighted by atomic mass is 10.00. The summed E-state index contributed by atoms with van der Waals surface area (Å²) < 4.78 is 5.11. The minimum atomic E-state index is -0.310. The normalized spacial score (nSPS) is 13.4. The van der Waals surface area contributed by atoms with Gasteiger partial charge in [-0.05, 0) is 67.7 Å². The Kier molecular flexibility index (Phi) is 7.61. The van der Waals surface area contributed by atoms with Gasteiger partial charge in [0.2, 0.25) is 0 Å². The summed E-state index contributed by atoms with van der Waals surface area (Å²) in [5.74, 6) is -0.310. The molecule has 5 nitrogen and oxygen atoms in total. The zero-order valence-corrected chi connectivity index (χ0v) is 18.0. The van der Waals surface area contributed by atoms with E-state index in [9.17, 15) is 4.79 Å². The number of nitrogens with zero attached hydrogens (tertiary/aromatic N) is 1. The highest BCUT2D eigenvalue weighted by molar-refractivity contribution is 7.80. The predicted octanol–water partition coefficient (Wildman–Crippen LogP) is 3.91. The molecule has 0 aromatic heterocycles. The van der Waals surface area contributed by atoms with E-state index < -0.39 is 0 Å². The molecule has 0 saturated heterocycles. The summed E-state index contributed by atoms with van der Waals surface area (Å²) in [6, 6.07) is 14.2. The molecule has 6 heteroatoms. The molecule has 2 aromatic carbocycles. The molecule has 29 heavy (non-hydrogen) atoms. The van der Waals surface area contributed by atoms with Crippen molar-refractivity contribution in [1.29, 1.82) is 0 Å². The average Bonchev–Trinajstić information content (AvgIpc) is 2.73. The van der Waals surface area contributed by atoms with Crippen LogP contribution in [0.25, 0.3) is 0 Å². The van der Waals surface area contributed by atoms with E-state index >= 15 is 0 Å². The van der Waals surface area contributed by atoms with E-state index in [2.05, 4.69) is 39.8 Å². The largest absolute Gasteiger partial charge is 0.462 e. The summed E-state index contributed by atoms with van der Waals surface area (Å²) in [5.41, 5.74) is 5.14. The first-order valence-corrected chi connectivity index (χ1v) is 10.6. The van der Waals surface area contributed by atoms with Crippen molar-refractivity contribution < 1.29 is 9.53 Å². The van der Waals surface area contributed by atoms with Gasteiger partial charge >= 0.3 is 5.97 Å². The van der Waals surface area contributed by atoms with Gasteiger partial charge in [-0.25, -0.2) is 4.79 Å². The van der Waals surface area contributed by atoms with Crippen LogP contribution in [-0.4, -0.2) is 42.2 Å². The number of fused-ring (bicyclic) bond motifs is 1. The maximum atomic E-state index is 12.0. The second-order valence-electron chi connectivity index (χ2n) is 7.23. The molecule has 0 saturated carbocycles. The van der Waals surface area contributed by atoms with Crippen LogP contribution in [0.2, 0.25) is 0 Å². The van der Waals surface area contributed by atoms with Crippen LogP contribution in [0.15, 0.2) is 42.5 Å². The summed E-state index contributed by atoms with van der Waals surface area (Å²) in [7, 11) is 0. The molecule has 0 aliphatic carbocycles. The maximum Gasteiger partial charge on any atom is 0.338 e. The Morgan fingerprint density at radius 2 is 1.97 bits per heavy atom. The number of hydrogen-bond acceptors (Lipinski definition) is 4. The van der Waals surface area contributed by atoms with E-state index in [1.807, 2.05) is 19.1 Å². The zero-order valence-electron chi connectivity index (χ0n) is 17.2. The standard InChI is InChI=1S/C23H29N3O2S/c1-3-28-22(27)20-10-6-11-21(17(20)2)25-23(29)24-13-7-14-26-15-12-18-8-4-5-9-19(18)16-26/h4-6,8-11H,3,7,12-16H2,1-2H3,(H2,24,25,29). The average molecular weight is 412 g/mol. The first-order chi connectivity index (χ1) is 14.1. The van der Waals surface area contributed by atoms with Crippen LogP contribution in [0.1, 0.15) is 40.4 Å². The predicted molar refractivity (Wildman–Crippen MR) is 121 cm³/mol. The molecule has 0 unspecified atom stereocenters. The molecule has 0 spiro atoms. The molecular formula is C23H29N3O2S. The number of anilines is 1. The number of ether oxygens (including phenoxy) is 1. The van der Waals surface area contributed by atoms with Gasteiger partial charge in [0.1, 0.15) is 0 Å². The van der Waals surface area contributed by atoms with Crippen LogP contribution in [0.5, 0.6) is 0 Å². The van der Waals surface area contributed by atoms with Gasteiger partial charge in [0.15, 0.2) is 5.11 Å². The van der Waals surface area contributed by atoms with Crippen LogP contribution in [-0.2, 0) is 17.7 Å². The van der Waals surface area contributed by atoms with Crippen molar-refractivity contribution in [3.05, 3.63) is 64.7 Å². The molecule has 0 amide bonds. The quantitative estimate of drug-likeness (QED) is 0.409. The summed E-state index contributed by atoms with van der Waals surface area (Å²) in [6.45, 7) is 8.04. The van der Waals surface area contributed by atoms with Gasteiger partial charge in [-0.15, -0.1) is 0 Å². The van der Waals surface area contributed by atoms with Crippen molar-refractivity contribution in [3.63, 3.8) is 0 Å². The highest BCUT2D eigenvalue weighted by Gasteiger charge is 2.15. The van der Waals surface area contributed by atoms with Crippen LogP contribution < -0.4 is 10.6 Å². The van der Waals surface area contributed by atoms with Crippen molar-refractivity contribution in [2.75, 3.05) is 31.6 Å². The summed E-state index contributed by atoms with van der Waals surface area (Å²) in [4.78, 5) is 14.5. The number of thiocarbonyl (C=S) groups is 1. The molecule has 0 atom stereocenters. The summed E-state index contributed by atoms with van der Waals surface area (Å²) in [6.07, 6.45) is 2.14. The Morgan fingerprint density at radius 3 is 2.76 bits per heavy atom. The van der Waals surface area contributed by atoms with Gasteiger partial charge in [0.05, 0.1) is 12.2 Å². The van der Waals surface area contributed by atoms with Crippen LogP contribution in [0.3, 0.4) is 0 Å². The Hall–Kier alpha value is -2.44. The van der Waals surface area contributed by atoms with Gasteiger partial charge in [0.25, 0.3) is 0 Å². The van der Waals surface area contributed by atoms with Gasteiger partial charge in [-0.3, -0.25) is 4.90 Å². The third-order valence-electron chi connectivity index (χ3n) is 5.22. The Morgan fingerprint density at radius 1 is 1.17 bits per heavy atom. The van der Waals surface area contributed by atoms with Crippen LogP contribution in [0.4, 0.5) is 5.69 Å². The van der Waals surface area contributed by atoms with Crippen molar-refractivity contribution in [2.24, 2.45) is 0 Å². The van der Waals surface area contributed by atoms with Crippen LogP contribution in [0, 0.1) is 6.92 Å². The Labute approximate surface area is 178 Å². The van der Waals surface area contributed by atoms with E-state index in [4.69, 9.17) is 17.0 Å². The molecule has 0 bridgehead atoms. The number of nitrogens with one attached hydrogen (secondary N) is 2. The molecule has 2 aromatic rings. The number of benzene rings is 2. The first kappa shape index (κ1) is 21.3. The van der Waals surface area contributed by atoms with E-state index in [1.54, 1.807) is 13.0 Å². The molecular weight excluding hydrogens is 382 g/mol. The Balaban J connectivity index is 1.43. The fourth-order valence-electron chi connectivity index (χ4n) is 3.62. The molecule has 1 aliphatic heterocycles. The third kappa shape index (κ3) is 5.78. The lowest BCUT2D eigenvalue weighted by Gasteiger charge is -2.28. The SMILES string of the molecule is CCOC(=O)c1cccc(NC(=S)NCCCN2CCc3ccccc3C2)c1C. The summed E-state index contributed by atoms with van der Waals surface area (Å²) >= 11 is 5.43. The molecule has 3 rings (SSSR count). The highest BCUT2D eigenvalue weighted by Crippen LogP contribution is 2.20. The monoisotopic (exact) mass is 411 g/mol.